The lowest BCUT2D eigenvalue weighted by atomic mass is 10.1. The summed E-state index contributed by atoms with van der Waals surface area (Å²) in [6, 6.07) is 9.96. The zero-order valence-corrected chi connectivity index (χ0v) is 17.4. The minimum atomic E-state index is 0. The summed E-state index contributed by atoms with van der Waals surface area (Å²) < 4.78 is 5.14. The number of ether oxygens (including phenoxy) is 1. The maximum Gasteiger partial charge on any atom is 0.213 e. The summed E-state index contributed by atoms with van der Waals surface area (Å²) in [5.74, 6) is 1.87. The van der Waals surface area contributed by atoms with Crippen LogP contribution in [-0.4, -0.2) is 31.1 Å². The number of thiophene rings is 1. The summed E-state index contributed by atoms with van der Waals surface area (Å²) in [4.78, 5) is 10.3. The Morgan fingerprint density at radius 3 is 2.79 bits per heavy atom. The van der Waals surface area contributed by atoms with Crippen molar-refractivity contribution in [2.75, 3.05) is 20.2 Å². The standard InChI is InChI=1S/C17H24N4OS.HI/c1-4-18-17(19-11-13(2)15-8-6-10-23-15)20-12-14-7-5-9-16(21-14)22-3;/h5-10,13H,4,11-12H2,1-3H3,(H2,18,19,20);1H. The van der Waals surface area contributed by atoms with Crippen LogP contribution in [0.1, 0.15) is 30.3 Å². The van der Waals surface area contributed by atoms with Gasteiger partial charge in [0.25, 0.3) is 0 Å². The van der Waals surface area contributed by atoms with Crippen LogP contribution in [0.4, 0.5) is 0 Å². The molecular formula is C17H25IN4OS. The molecule has 24 heavy (non-hydrogen) atoms. The molecule has 0 saturated heterocycles. The predicted molar refractivity (Wildman–Crippen MR) is 112 cm³/mol. The third kappa shape index (κ3) is 6.64. The zero-order chi connectivity index (χ0) is 16.5. The van der Waals surface area contributed by atoms with E-state index in [0.29, 0.717) is 18.3 Å². The molecule has 2 rings (SSSR count). The first-order valence-corrected chi connectivity index (χ1v) is 8.66. The molecule has 1 atom stereocenters. The number of methoxy groups -OCH3 is 1. The van der Waals surface area contributed by atoms with Crippen molar-refractivity contribution in [1.82, 2.24) is 15.6 Å². The SMILES string of the molecule is CCNC(=NCc1cccc(OC)n1)NCC(C)c1cccs1.I. The van der Waals surface area contributed by atoms with Crippen molar-refractivity contribution in [1.29, 1.82) is 0 Å². The second kappa shape index (κ2) is 11.2. The quantitative estimate of drug-likeness (QED) is 0.377. The number of aromatic nitrogens is 1. The minimum Gasteiger partial charge on any atom is -0.481 e. The molecule has 0 radical (unpaired) electrons. The Labute approximate surface area is 165 Å². The second-order valence-electron chi connectivity index (χ2n) is 5.16. The van der Waals surface area contributed by atoms with Crippen LogP contribution in [0.5, 0.6) is 5.88 Å². The van der Waals surface area contributed by atoms with Crippen molar-refractivity contribution in [2.24, 2.45) is 4.99 Å². The average Bonchev–Trinajstić information content (AvgIpc) is 3.12. The van der Waals surface area contributed by atoms with E-state index in [1.54, 1.807) is 18.4 Å². The first-order valence-electron chi connectivity index (χ1n) is 7.78. The van der Waals surface area contributed by atoms with E-state index in [2.05, 4.69) is 52.0 Å². The molecule has 2 heterocycles. The Hall–Kier alpha value is -1.35. The lowest BCUT2D eigenvalue weighted by Gasteiger charge is -2.15. The van der Waals surface area contributed by atoms with Crippen LogP contribution in [0.2, 0.25) is 0 Å². The van der Waals surface area contributed by atoms with Gasteiger partial charge in [-0.2, -0.15) is 0 Å². The molecule has 0 saturated carbocycles. The number of pyridine rings is 1. The monoisotopic (exact) mass is 460 g/mol. The van der Waals surface area contributed by atoms with Crippen molar-refractivity contribution in [2.45, 2.75) is 26.3 Å². The van der Waals surface area contributed by atoms with Gasteiger partial charge in [0.2, 0.25) is 5.88 Å². The fourth-order valence-electron chi connectivity index (χ4n) is 2.08. The third-order valence-corrected chi connectivity index (χ3v) is 4.44. The van der Waals surface area contributed by atoms with E-state index in [1.807, 2.05) is 18.2 Å². The topological polar surface area (TPSA) is 58.5 Å². The summed E-state index contributed by atoms with van der Waals surface area (Å²) in [5.41, 5.74) is 0.882. The number of nitrogens with one attached hydrogen (secondary N) is 2. The molecule has 0 aliphatic rings. The Morgan fingerprint density at radius 1 is 1.29 bits per heavy atom. The normalized spacial score (nSPS) is 12.2. The first-order chi connectivity index (χ1) is 11.2. The molecule has 2 aromatic rings. The van der Waals surface area contributed by atoms with Gasteiger partial charge in [0.1, 0.15) is 0 Å². The maximum atomic E-state index is 5.14. The molecule has 0 spiro atoms. The molecule has 0 amide bonds. The third-order valence-electron chi connectivity index (χ3n) is 3.34. The van der Waals surface area contributed by atoms with Gasteiger partial charge in [0.15, 0.2) is 5.96 Å². The molecule has 5 nitrogen and oxygen atoms in total. The summed E-state index contributed by atoms with van der Waals surface area (Å²) in [6.45, 7) is 6.46. The van der Waals surface area contributed by atoms with Gasteiger partial charge in [-0.1, -0.05) is 19.1 Å². The van der Waals surface area contributed by atoms with Gasteiger partial charge < -0.3 is 15.4 Å². The van der Waals surface area contributed by atoms with E-state index in [0.717, 1.165) is 24.7 Å². The van der Waals surface area contributed by atoms with Gasteiger partial charge in [-0.3, -0.25) is 0 Å². The van der Waals surface area contributed by atoms with Crippen molar-refractivity contribution < 1.29 is 4.74 Å². The molecule has 132 valence electrons. The first kappa shape index (κ1) is 20.7. The molecule has 1 unspecified atom stereocenters. The summed E-state index contributed by atoms with van der Waals surface area (Å²) >= 11 is 1.79. The highest BCUT2D eigenvalue weighted by Crippen LogP contribution is 2.19. The molecule has 0 bridgehead atoms. The van der Waals surface area contributed by atoms with Gasteiger partial charge in [0.05, 0.1) is 19.3 Å². The van der Waals surface area contributed by atoms with E-state index < -0.39 is 0 Å². The number of hydrogen-bond acceptors (Lipinski definition) is 4. The lowest BCUT2D eigenvalue weighted by Crippen LogP contribution is -2.39. The van der Waals surface area contributed by atoms with Crippen LogP contribution in [-0.2, 0) is 6.54 Å². The number of rotatable bonds is 7. The number of hydrogen-bond donors (Lipinski definition) is 2. The van der Waals surface area contributed by atoms with E-state index in [1.165, 1.54) is 4.88 Å². The van der Waals surface area contributed by atoms with E-state index in [9.17, 15) is 0 Å². The molecule has 0 aliphatic carbocycles. The van der Waals surface area contributed by atoms with E-state index in [-0.39, 0.29) is 24.0 Å². The summed E-state index contributed by atoms with van der Waals surface area (Å²) in [6.07, 6.45) is 0. The smallest absolute Gasteiger partial charge is 0.213 e. The summed E-state index contributed by atoms with van der Waals surface area (Å²) in [5, 5.41) is 8.77. The number of guanidine groups is 1. The number of nitrogens with zero attached hydrogens (tertiary/aromatic N) is 2. The fourth-order valence-corrected chi connectivity index (χ4v) is 2.87. The molecular weight excluding hydrogens is 435 g/mol. The van der Waals surface area contributed by atoms with E-state index in [4.69, 9.17) is 4.74 Å². The van der Waals surface area contributed by atoms with Gasteiger partial charge in [-0.05, 0) is 24.4 Å². The highest BCUT2D eigenvalue weighted by molar-refractivity contribution is 14.0. The zero-order valence-electron chi connectivity index (χ0n) is 14.3. The van der Waals surface area contributed by atoms with E-state index >= 15 is 0 Å². The Bertz CT molecular complexity index is 619. The largest absolute Gasteiger partial charge is 0.481 e. The average molecular weight is 460 g/mol. The van der Waals surface area contributed by atoms with Gasteiger partial charge >= 0.3 is 0 Å². The molecule has 0 aliphatic heterocycles. The molecule has 0 fully saturated rings. The second-order valence-corrected chi connectivity index (χ2v) is 6.14. The highest BCUT2D eigenvalue weighted by Gasteiger charge is 2.07. The van der Waals surface area contributed by atoms with Crippen LogP contribution in [0.25, 0.3) is 0 Å². The Balaban J connectivity index is 0.00000288. The van der Waals surface area contributed by atoms with Gasteiger partial charge in [-0.25, -0.2) is 9.98 Å². The van der Waals surface area contributed by atoms with Crippen LogP contribution in [0.15, 0.2) is 40.7 Å². The van der Waals surface area contributed by atoms with Crippen LogP contribution < -0.4 is 15.4 Å². The van der Waals surface area contributed by atoms with Crippen LogP contribution >= 0.6 is 35.3 Å². The van der Waals surface area contributed by atoms with Gasteiger partial charge in [-0.15, -0.1) is 35.3 Å². The highest BCUT2D eigenvalue weighted by atomic mass is 127. The van der Waals surface area contributed by atoms with Crippen molar-refractivity contribution in [3.63, 3.8) is 0 Å². The fraction of sp³-hybridized carbons (Fsp3) is 0.412. The molecule has 7 heteroatoms. The van der Waals surface area contributed by atoms with Crippen molar-refractivity contribution in [3.05, 3.63) is 46.3 Å². The van der Waals surface area contributed by atoms with Crippen molar-refractivity contribution >= 4 is 41.3 Å². The molecule has 2 N–H and O–H groups in total. The number of aliphatic imine (C=N–C) groups is 1. The van der Waals surface area contributed by atoms with Crippen LogP contribution in [0.3, 0.4) is 0 Å². The predicted octanol–water partition coefficient (Wildman–Crippen LogP) is 3.63. The Kier molecular flexibility index (Phi) is 9.70. The number of halogens is 1. The summed E-state index contributed by atoms with van der Waals surface area (Å²) in [7, 11) is 1.62. The maximum absolute atomic E-state index is 5.14. The molecule has 2 aromatic heterocycles. The van der Waals surface area contributed by atoms with Gasteiger partial charge in [0, 0.05) is 30.0 Å². The molecule has 0 aromatic carbocycles. The Morgan fingerprint density at radius 2 is 2.12 bits per heavy atom. The van der Waals surface area contributed by atoms with Crippen molar-refractivity contribution in [3.8, 4) is 5.88 Å². The lowest BCUT2D eigenvalue weighted by molar-refractivity contribution is 0.396. The van der Waals surface area contributed by atoms with Crippen LogP contribution in [0, 0.1) is 0 Å². The minimum absolute atomic E-state index is 0.